The van der Waals surface area contributed by atoms with Crippen LogP contribution in [0.4, 0.5) is 11.4 Å². The van der Waals surface area contributed by atoms with Crippen LogP contribution in [0.2, 0.25) is 0 Å². The molecule has 1 aliphatic heterocycles. The molecule has 0 aromatic heterocycles. The van der Waals surface area contributed by atoms with Crippen LogP contribution in [0.3, 0.4) is 0 Å². The minimum Gasteiger partial charge on any atom is -0.399 e. The third-order valence-corrected chi connectivity index (χ3v) is 4.64. The van der Waals surface area contributed by atoms with Crippen LogP contribution in [0.5, 0.6) is 0 Å². The fraction of sp³-hybridized carbons (Fsp3) is 0.417. The highest BCUT2D eigenvalue weighted by molar-refractivity contribution is 7.89. The number of primary sulfonamides is 1. The molecule has 6 N–H and O–H groups in total. The van der Waals surface area contributed by atoms with Gasteiger partial charge in [0, 0.05) is 18.8 Å². The monoisotopic (exact) mass is 298 g/mol. The van der Waals surface area contributed by atoms with E-state index in [1.807, 2.05) is 0 Å². The summed E-state index contributed by atoms with van der Waals surface area (Å²) in [6, 6.07) is 4.52. The summed E-state index contributed by atoms with van der Waals surface area (Å²) in [5.74, 6) is -0.396. The molecule has 8 heteroatoms. The fourth-order valence-corrected chi connectivity index (χ4v) is 3.18. The normalized spacial score (nSPS) is 23.0. The van der Waals surface area contributed by atoms with E-state index in [0.29, 0.717) is 30.9 Å². The Kier molecular flexibility index (Phi) is 3.39. The summed E-state index contributed by atoms with van der Waals surface area (Å²) in [6.07, 6.45) is 0.566. The van der Waals surface area contributed by atoms with Crippen LogP contribution < -0.4 is 21.5 Å². The van der Waals surface area contributed by atoms with E-state index in [0.717, 1.165) is 0 Å². The molecule has 0 spiro atoms. The van der Waals surface area contributed by atoms with Crippen LogP contribution in [-0.4, -0.2) is 27.4 Å². The molecule has 1 amide bonds. The lowest BCUT2D eigenvalue weighted by atomic mass is 9.89. The van der Waals surface area contributed by atoms with Crippen LogP contribution in [0.15, 0.2) is 23.1 Å². The van der Waals surface area contributed by atoms with Crippen molar-refractivity contribution in [3.8, 4) is 0 Å². The molecule has 1 saturated heterocycles. The van der Waals surface area contributed by atoms with E-state index >= 15 is 0 Å². The van der Waals surface area contributed by atoms with Gasteiger partial charge >= 0.3 is 0 Å². The summed E-state index contributed by atoms with van der Waals surface area (Å²) in [5, 5.41) is 5.22. The van der Waals surface area contributed by atoms with Crippen molar-refractivity contribution >= 4 is 27.3 Å². The van der Waals surface area contributed by atoms with Crippen molar-refractivity contribution in [2.24, 2.45) is 16.3 Å². The van der Waals surface area contributed by atoms with Gasteiger partial charge in [0.05, 0.1) is 11.1 Å². The molecule has 1 aliphatic rings. The second-order valence-corrected chi connectivity index (χ2v) is 6.90. The topological polar surface area (TPSA) is 133 Å². The number of carbonyl (C=O) groups is 1. The number of primary amides is 1. The largest absolute Gasteiger partial charge is 0.399 e. The number of anilines is 2. The Morgan fingerprint density at radius 3 is 2.55 bits per heavy atom. The first kappa shape index (κ1) is 14.6. The minimum atomic E-state index is -3.89. The molecule has 110 valence electrons. The Hall–Kier alpha value is -1.80. The smallest absolute Gasteiger partial charge is 0.240 e. The Morgan fingerprint density at radius 2 is 2.05 bits per heavy atom. The number of nitrogens with two attached hydrogens (primary N) is 3. The van der Waals surface area contributed by atoms with E-state index in [9.17, 15) is 13.2 Å². The van der Waals surface area contributed by atoms with E-state index < -0.39 is 21.3 Å². The van der Waals surface area contributed by atoms with Gasteiger partial charge in [-0.2, -0.15) is 0 Å². The van der Waals surface area contributed by atoms with Gasteiger partial charge in [-0.1, -0.05) is 0 Å². The highest BCUT2D eigenvalue weighted by Gasteiger charge is 2.40. The summed E-state index contributed by atoms with van der Waals surface area (Å²) in [6.45, 7) is 2.66. The molecule has 0 radical (unpaired) electrons. The number of hydrogen-bond acceptors (Lipinski definition) is 5. The zero-order valence-corrected chi connectivity index (χ0v) is 12.0. The van der Waals surface area contributed by atoms with Gasteiger partial charge in [0.25, 0.3) is 0 Å². The highest BCUT2D eigenvalue weighted by atomic mass is 32.2. The number of hydrogen-bond donors (Lipinski definition) is 3. The minimum absolute atomic E-state index is 0.0359. The average Bonchev–Trinajstić information content (AvgIpc) is 2.72. The Bertz CT molecular complexity index is 659. The highest BCUT2D eigenvalue weighted by Crippen LogP contribution is 2.36. The van der Waals surface area contributed by atoms with Gasteiger partial charge in [-0.3, -0.25) is 4.79 Å². The van der Waals surface area contributed by atoms with Crippen LogP contribution in [-0.2, 0) is 14.8 Å². The van der Waals surface area contributed by atoms with Crippen LogP contribution in [0, 0.1) is 5.41 Å². The summed E-state index contributed by atoms with van der Waals surface area (Å²) in [4.78, 5) is 13.2. The zero-order chi connectivity index (χ0) is 15.1. The molecule has 0 saturated carbocycles. The SMILES string of the molecule is CC1(C(N)=O)CCN(c2ccc(N)cc2S(N)(=O)=O)C1. The van der Waals surface area contributed by atoms with E-state index in [4.69, 9.17) is 16.6 Å². The van der Waals surface area contributed by atoms with Gasteiger partial charge in [0.1, 0.15) is 4.90 Å². The van der Waals surface area contributed by atoms with Gasteiger partial charge in [-0.05, 0) is 31.5 Å². The molecule has 1 unspecified atom stereocenters. The second-order valence-electron chi connectivity index (χ2n) is 5.37. The predicted molar refractivity (Wildman–Crippen MR) is 76.4 cm³/mol. The van der Waals surface area contributed by atoms with E-state index in [1.54, 1.807) is 24.0 Å². The van der Waals surface area contributed by atoms with E-state index in [-0.39, 0.29) is 4.90 Å². The lowest BCUT2D eigenvalue weighted by Gasteiger charge is -2.24. The summed E-state index contributed by atoms with van der Waals surface area (Å²) >= 11 is 0. The molecule has 20 heavy (non-hydrogen) atoms. The van der Waals surface area contributed by atoms with E-state index in [2.05, 4.69) is 0 Å². The molecule has 1 heterocycles. The first-order chi connectivity index (χ1) is 9.13. The number of amides is 1. The lowest BCUT2D eigenvalue weighted by Crippen LogP contribution is -2.37. The molecule has 0 aliphatic carbocycles. The van der Waals surface area contributed by atoms with Crippen LogP contribution in [0.1, 0.15) is 13.3 Å². The summed E-state index contributed by atoms with van der Waals surface area (Å²) in [5.41, 5.74) is 11.1. The van der Waals surface area contributed by atoms with Gasteiger partial charge in [0.15, 0.2) is 0 Å². The molecular formula is C12H18N4O3S. The lowest BCUT2D eigenvalue weighted by molar-refractivity contribution is -0.125. The number of carbonyl (C=O) groups excluding carboxylic acids is 1. The molecule has 1 fully saturated rings. The fourth-order valence-electron chi connectivity index (χ4n) is 2.39. The quantitative estimate of drug-likeness (QED) is 0.654. The molecule has 1 atom stereocenters. The van der Waals surface area contributed by atoms with Gasteiger partial charge in [-0.25, -0.2) is 13.6 Å². The van der Waals surface area contributed by atoms with Gasteiger partial charge < -0.3 is 16.4 Å². The van der Waals surface area contributed by atoms with Crippen molar-refractivity contribution in [2.45, 2.75) is 18.2 Å². The molecule has 2 rings (SSSR count). The van der Waals surface area contributed by atoms with Crippen molar-refractivity contribution < 1.29 is 13.2 Å². The average molecular weight is 298 g/mol. The van der Waals surface area contributed by atoms with Crippen LogP contribution >= 0.6 is 0 Å². The van der Waals surface area contributed by atoms with Gasteiger partial charge in [-0.15, -0.1) is 0 Å². The predicted octanol–water partition coefficient (Wildman–Crippen LogP) is -0.382. The first-order valence-corrected chi connectivity index (χ1v) is 7.65. The van der Waals surface area contributed by atoms with Gasteiger partial charge in [0.2, 0.25) is 15.9 Å². The Balaban J connectivity index is 2.43. The number of nitrogens with zero attached hydrogens (tertiary/aromatic N) is 1. The Morgan fingerprint density at radius 1 is 1.40 bits per heavy atom. The third kappa shape index (κ3) is 2.56. The molecule has 1 aromatic rings. The number of nitrogen functional groups attached to an aromatic ring is 1. The standard InChI is InChI=1S/C12H18N4O3S/c1-12(11(14)17)4-5-16(7-12)9-3-2-8(13)6-10(9)20(15,18)19/h2-3,6H,4-5,7,13H2,1H3,(H2,14,17)(H2,15,18,19). The zero-order valence-electron chi connectivity index (χ0n) is 11.2. The third-order valence-electron chi connectivity index (χ3n) is 3.70. The van der Waals surface area contributed by atoms with Crippen molar-refractivity contribution in [3.05, 3.63) is 18.2 Å². The van der Waals surface area contributed by atoms with E-state index in [1.165, 1.54) is 6.07 Å². The maximum absolute atomic E-state index is 11.7. The molecule has 0 bridgehead atoms. The van der Waals surface area contributed by atoms with Crippen molar-refractivity contribution in [3.63, 3.8) is 0 Å². The maximum Gasteiger partial charge on any atom is 0.240 e. The van der Waals surface area contributed by atoms with Crippen molar-refractivity contribution in [1.82, 2.24) is 0 Å². The van der Waals surface area contributed by atoms with Crippen LogP contribution in [0.25, 0.3) is 0 Å². The number of sulfonamides is 1. The number of rotatable bonds is 3. The maximum atomic E-state index is 11.7. The van der Waals surface area contributed by atoms with Crippen molar-refractivity contribution in [1.29, 1.82) is 0 Å². The molecule has 1 aromatic carbocycles. The Labute approximate surface area is 117 Å². The summed E-state index contributed by atoms with van der Waals surface area (Å²) in [7, 11) is -3.89. The summed E-state index contributed by atoms with van der Waals surface area (Å²) < 4.78 is 23.3. The first-order valence-electron chi connectivity index (χ1n) is 6.11. The second kappa shape index (κ2) is 4.64. The van der Waals surface area contributed by atoms with Crippen molar-refractivity contribution in [2.75, 3.05) is 23.7 Å². The molecule has 7 nitrogen and oxygen atoms in total. The number of benzene rings is 1. The molecular weight excluding hydrogens is 280 g/mol.